The summed E-state index contributed by atoms with van der Waals surface area (Å²) in [7, 11) is 1.99. The minimum atomic E-state index is 0. The molecule has 2 rings (SSSR count). The summed E-state index contributed by atoms with van der Waals surface area (Å²) in [6.07, 6.45) is 2.41. The van der Waals surface area contributed by atoms with Crippen LogP contribution in [0.25, 0.3) is 0 Å². The number of guanidine groups is 1. The lowest BCUT2D eigenvalue weighted by atomic mass is 10.0. The number of hydrogen-bond donors (Lipinski definition) is 1. The van der Waals surface area contributed by atoms with Gasteiger partial charge in [-0.15, -0.1) is 24.0 Å². The van der Waals surface area contributed by atoms with E-state index in [1.807, 2.05) is 30.1 Å². The molecule has 0 spiro atoms. The maximum absolute atomic E-state index is 6.19. The zero-order valence-electron chi connectivity index (χ0n) is 11.6. The van der Waals surface area contributed by atoms with Crippen LogP contribution in [0, 0.1) is 0 Å². The lowest BCUT2D eigenvalue weighted by Crippen LogP contribution is -2.36. The predicted octanol–water partition coefficient (Wildman–Crippen LogP) is 4.12. The van der Waals surface area contributed by atoms with Crippen LogP contribution >= 0.6 is 47.2 Å². The predicted molar refractivity (Wildman–Crippen MR) is 97.6 cm³/mol. The summed E-state index contributed by atoms with van der Waals surface area (Å²) >= 11 is 12.4. The highest BCUT2D eigenvalue weighted by Crippen LogP contribution is 2.31. The molecule has 0 bridgehead atoms. The molecule has 0 heterocycles. The van der Waals surface area contributed by atoms with Crippen LogP contribution in [-0.2, 0) is 0 Å². The van der Waals surface area contributed by atoms with Crippen molar-refractivity contribution in [1.82, 2.24) is 4.90 Å². The molecule has 0 saturated heterocycles. The summed E-state index contributed by atoms with van der Waals surface area (Å²) in [5.41, 5.74) is 6.91. The van der Waals surface area contributed by atoms with Gasteiger partial charge in [0.25, 0.3) is 0 Å². The maximum atomic E-state index is 6.19. The molecule has 0 aliphatic heterocycles. The second kappa shape index (κ2) is 7.71. The molecule has 1 aliphatic carbocycles. The molecule has 20 heavy (non-hydrogen) atoms. The van der Waals surface area contributed by atoms with Crippen molar-refractivity contribution in [3.05, 3.63) is 33.8 Å². The molecule has 0 radical (unpaired) electrons. The highest BCUT2D eigenvalue weighted by molar-refractivity contribution is 14.0. The molecule has 6 heteroatoms. The van der Waals surface area contributed by atoms with Gasteiger partial charge in [0, 0.05) is 35.6 Å². The minimum absolute atomic E-state index is 0. The summed E-state index contributed by atoms with van der Waals surface area (Å²) in [6, 6.07) is 6.12. The Morgan fingerprint density at radius 1 is 1.40 bits per heavy atom. The third-order valence-electron chi connectivity index (χ3n) is 3.48. The van der Waals surface area contributed by atoms with Gasteiger partial charge in [-0.1, -0.05) is 36.2 Å². The van der Waals surface area contributed by atoms with Crippen molar-refractivity contribution in [2.75, 3.05) is 13.6 Å². The fourth-order valence-electron chi connectivity index (χ4n) is 2.06. The summed E-state index contributed by atoms with van der Waals surface area (Å²) in [4.78, 5) is 6.49. The van der Waals surface area contributed by atoms with Crippen molar-refractivity contribution in [3.8, 4) is 0 Å². The van der Waals surface area contributed by atoms with Gasteiger partial charge in [0.1, 0.15) is 0 Å². The van der Waals surface area contributed by atoms with Crippen LogP contribution in [0.3, 0.4) is 0 Å². The van der Waals surface area contributed by atoms with Crippen molar-refractivity contribution in [2.24, 2.45) is 10.7 Å². The first-order valence-electron chi connectivity index (χ1n) is 6.47. The zero-order valence-corrected chi connectivity index (χ0v) is 15.5. The Balaban J connectivity index is 0.00000200. The molecule has 0 aromatic heterocycles. The lowest BCUT2D eigenvalue weighted by Gasteiger charge is -2.18. The third-order valence-corrected chi connectivity index (χ3v) is 4.13. The highest BCUT2D eigenvalue weighted by Gasteiger charge is 2.27. The van der Waals surface area contributed by atoms with Crippen molar-refractivity contribution < 1.29 is 0 Å². The molecular formula is C14H20Cl2IN3. The number of rotatable bonds is 4. The standard InChI is InChI=1S/C14H19Cl2N3.HI/c1-9(13-11(15)4-3-5-12(13)16)8-18-14(17)19(2)10-6-7-10;/h3-5,9-10H,6-8H2,1-2H3,(H2,17,18);1H. The number of halogens is 3. The van der Waals surface area contributed by atoms with Crippen LogP contribution in [0.4, 0.5) is 0 Å². The van der Waals surface area contributed by atoms with E-state index in [1.54, 1.807) is 0 Å². The first-order chi connectivity index (χ1) is 9.00. The van der Waals surface area contributed by atoms with Gasteiger partial charge in [-0.3, -0.25) is 4.99 Å². The van der Waals surface area contributed by atoms with E-state index in [0.717, 1.165) is 5.56 Å². The van der Waals surface area contributed by atoms with Crippen LogP contribution in [0.1, 0.15) is 31.2 Å². The Kier molecular flexibility index (Phi) is 6.88. The lowest BCUT2D eigenvalue weighted by molar-refractivity contribution is 0.486. The number of benzene rings is 1. The van der Waals surface area contributed by atoms with Gasteiger partial charge in [-0.05, 0) is 30.5 Å². The molecule has 3 nitrogen and oxygen atoms in total. The summed E-state index contributed by atoms with van der Waals surface area (Å²) < 4.78 is 0. The van der Waals surface area contributed by atoms with E-state index in [4.69, 9.17) is 28.9 Å². The first-order valence-corrected chi connectivity index (χ1v) is 7.23. The molecule has 1 aliphatic rings. The Morgan fingerprint density at radius 2 is 1.95 bits per heavy atom. The fraction of sp³-hybridized carbons (Fsp3) is 0.500. The molecule has 1 saturated carbocycles. The Morgan fingerprint density at radius 3 is 2.45 bits per heavy atom. The van der Waals surface area contributed by atoms with E-state index >= 15 is 0 Å². The Bertz CT molecular complexity index is 469. The smallest absolute Gasteiger partial charge is 0.191 e. The Labute approximate surface area is 147 Å². The van der Waals surface area contributed by atoms with Gasteiger partial charge in [0.05, 0.1) is 0 Å². The largest absolute Gasteiger partial charge is 0.370 e. The van der Waals surface area contributed by atoms with E-state index in [-0.39, 0.29) is 29.9 Å². The van der Waals surface area contributed by atoms with E-state index in [0.29, 0.717) is 28.6 Å². The van der Waals surface area contributed by atoms with E-state index < -0.39 is 0 Å². The van der Waals surface area contributed by atoms with Gasteiger partial charge >= 0.3 is 0 Å². The second-order valence-electron chi connectivity index (χ2n) is 5.08. The van der Waals surface area contributed by atoms with Crippen LogP contribution in [0.5, 0.6) is 0 Å². The van der Waals surface area contributed by atoms with E-state index in [9.17, 15) is 0 Å². The molecule has 0 amide bonds. The molecule has 1 fully saturated rings. The molecule has 112 valence electrons. The molecule has 1 atom stereocenters. The number of aliphatic imine (C=N–C) groups is 1. The molecule has 1 aromatic rings. The van der Waals surface area contributed by atoms with Gasteiger partial charge in [0.2, 0.25) is 0 Å². The van der Waals surface area contributed by atoms with Crippen molar-refractivity contribution in [3.63, 3.8) is 0 Å². The van der Waals surface area contributed by atoms with E-state index in [2.05, 4.69) is 11.9 Å². The number of nitrogens with zero attached hydrogens (tertiary/aromatic N) is 2. The second-order valence-corrected chi connectivity index (χ2v) is 5.89. The normalized spacial score (nSPS) is 16.5. The monoisotopic (exact) mass is 427 g/mol. The maximum Gasteiger partial charge on any atom is 0.191 e. The summed E-state index contributed by atoms with van der Waals surface area (Å²) in [6.45, 7) is 2.65. The molecule has 2 N–H and O–H groups in total. The number of hydrogen-bond acceptors (Lipinski definition) is 1. The van der Waals surface area contributed by atoms with Gasteiger partial charge in [0.15, 0.2) is 5.96 Å². The summed E-state index contributed by atoms with van der Waals surface area (Å²) in [5, 5.41) is 1.37. The van der Waals surface area contributed by atoms with Crippen LogP contribution in [0.15, 0.2) is 23.2 Å². The minimum Gasteiger partial charge on any atom is -0.370 e. The fourth-order valence-corrected chi connectivity index (χ4v) is 2.83. The molecular weight excluding hydrogens is 408 g/mol. The quantitative estimate of drug-likeness (QED) is 0.446. The van der Waals surface area contributed by atoms with Crippen LogP contribution in [0.2, 0.25) is 10.0 Å². The average Bonchev–Trinajstić information content (AvgIpc) is 3.19. The van der Waals surface area contributed by atoms with Gasteiger partial charge in [-0.2, -0.15) is 0 Å². The third kappa shape index (κ3) is 4.40. The van der Waals surface area contributed by atoms with Crippen molar-refractivity contribution in [1.29, 1.82) is 0 Å². The molecule has 1 unspecified atom stereocenters. The topological polar surface area (TPSA) is 41.6 Å². The first kappa shape index (κ1) is 17.9. The average molecular weight is 428 g/mol. The van der Waals surface area contributed by atoms with Crippen molar-refractivity contribution >= 4 is 53.1 Å². The van der Waals surface area contributed by atoms with Gasteiger partial charge < -0.3 is 10.6 Å². The van der Waals surface area contributed by atoms with Crippen LogP contribution < -0.4 is 5.73 Å². The molecule has 1 aromatic carbocycles. The number of nitrogens with two attached hydrogens (primary N) is 1. The van der Waals surface area contributed by atoms with Crippen molar-refractivity contribution in [2.45, 2.75) is 31.7 Å². The highest BCUT2D eigenvalue weighted by atomic mass is 127. The Hall–Kier alpha value is -0.200. The summed E-state index contributed by atoms with van der Waals surface area (Å²) in [5.74, 6) is 0.741. The van der Waals surface area contributed by atoms with E-state index in [1.165, 1.54) is 12.8 Å². The van der Waals surface area contributed by atoms with Gasteiger partial charge in [-0.25, -0.2) is 0 Å². The van der Waals surface area contributed by atoms with Crippen LogP contribution in [-0.4, -0.2) is 30.5 Å². The SMILES string of the molecule is CC(CN=C(N)N(C)C1CC1)c1c(Cl)cccc1Cl.I. The zero-order chi connectivity index (χ0) is 14.0.